The van der Waals surface area contributed by atoms with Crippen LogP contribution < -0.4 is 19.5 Å². The highest BCUT2D eigenvalue weighted by Gasteiger charge is 2.28. The first kappa shape index (κ1) is 23.1. The van der Waals surface area contributed by atoms with Gasteiger partial charge in [-0.25, -0.2) is 0 Å². The lowest BCUT2D eigenvalue weighted by atomic mass is 10.1. The predicted molar refractivity (Wildman–Crippen MR) is 115 cm³/mol. The second kappa shape index (κ2) is 11.7. The Balaban J connectivity index is 2.21. The van der Waals surface area contributed by atoms with E-state index in [0.29, 0.717) is 24.5 Å². The Kier molecular flexibility index (Phi) is 9.00. The van der Waals surface area contributed by atoms with Crippen LogP contribution >= 0.6 is 0 Å². The summed E-state index contributed by atoms with van der Waals surface area (Å²) in [5.74, 6) is 1.28. The standard InChI is InChI=1S/C23H30N2O5/c1-5-19(23(27)24-6-2)25(15-17-11-13-18(28-3)14-12-17)22(26)16-30-21-10-8-7-9-20(21)29-4/h7-14,19H,5-6,15-16H2,1-4H3,(H,24,27)/t19-/m0/s1. The van der Waals surface area contributed by atoms with Crippen molar-refractivity contribution in [3.8, 4) is 17.2 Å². The molecule has 0 saturated heterocycles. The first-order chi connectivity index (χ1) is 14.5. The Morgan fingerprint density at radius 2 is 1.63 bits per heavy atom. The normalized spacial score (nSPS) is 11.3. The molecule has 0 fully saturated rings. The lowest BCUT2D eigenvalue weighted by Gasteiger charge is -2.30. The molecule has 0 radical (unpaired) electrons. The van der Waals surface area contributed by atoms with E-state index >= 15 is 0 Å². The fourth-order valence-electron chi connectivity index (χ4n) is 3.10. The van der Waals surface area contributed by atoms with Gasteiger partial charge in [0.25, 0.3) is 5.91 Å². The van der Waals surface area contributed by atoms with Crippen LogP contribution in [-0.4, -0.2) is 50.1 Å². The topological polar surface area (TPSA) is 77.1 Å². The van der Waals surface area contributed by atoms with Crippen molar-refractivity contribution in [2.24, 2.45) is 0 Å². The van der Waals surface area contributed by atoms with Gasteiger partial charge in [0.15, 0.2) is 18.1 Å². The van der Waals surface area contributed by atoms with Crippen molar-refractivity contribution < 1.29 is 23.8 Å². The van der Waals surface area contributed by atoms with Crippen LogP contribution in [0.4, 0.5) is 0 Å². The summed E-state index contributed by atoms with van der Waals surface area (Å²) in [6.07, 6.45) is 0.488. The molecular formula is C23H30N2O5. The molecule has 0 aliphatic heterocycles. The van der Waals surface area contributed by atoms with Crippen molar-refractivity contribution in [1.29, 1.82) is 0 Å². The molecule has 2 aromatic carbocycles. The average molecular weight is 415 g/mol. The van der Waals surface area contributed by atoms with Gasteiger partial charge in [0.2, 0.25) is 5.91 Å². The fourth-order valence-corrected chi connectivity index (χ4v) is 3.10. The van der Waals surface area contributed by atoms with Crippen molar-refractivity contribution in [3.63, 3.8) is 0 Å². The first-order valence-electron chi connectivity index (χ1n) is 9.99. The summed E-state index contributed by atoms with van der Waals surface area (Å²) in [5, 5.41) is 2.81. The molecule has 2 aromatic rings. The van der Waals surface area contributed by atoms with Crippen molar-refractivity contribution in [2.45, 2.75) is 32.9 Å². The molecule has 7 heteroatoms. The number of methoxy groups -OCH3 is 2. The van der Waals surface area contributed by atoms with Gasteiger partial charge < -0.3 is 24.4 Å². The zero-order valence-electron chi connectivity index (χ0n) is 18.0. The van der Waals surface area contributed by atoms with Gasteiger partial charge in [-0.3, -0.25) is 9.59 Å². The molecule has 162 valence electrons. The molecule has 7 nitrogen and oxygen atoms in total. The zero-order chi connectivity index (χ0) is 21.9. The molecule has 0 aliphatic rings. The molecule has 0 heterocycles. The highest BCUT2D eigenvalue weighted by atomic mass is 16.5. The number of ether oxygens (including phenoxy) is 3. The Labute approximate surface area is 177 Å². The van der Waals surface area contributed by atoms with Gasteiger partial charge in [-0.15, -0.1) is 0 Å². The van der Waals surface area contributed by atoms with E-state index in [-0.39, 0.29) is 25.0 Å². The largest absolute Gasteiger partial charge is 0.497 e. The van der Waals surface area contributed by atoms with Gasteiger partial charge >= 0.3 is 0 Å². The molecule has 0 bridgehead atoms. The fraction of sp³-hybridized carbons (Fsp3) is 0.391. The second-order valence-electron chi connectivity index (χ2n) is 6.63. The van der Waals surface area contributed by atoms with E-state index in [0.717, 1.165) is 11.3 Å². The van der Waals surface area contributed by atoms with E-state index in [2.05, 4.69) is 5.32 Å². The molecule has 0 aliphatic carbocycles. The van der Waals surface area contributed by atoms with E-state index < -0.39 is 6.04 Å². The maximum absolute atomic E-state index is 13.1. The zero-order valence-corrected chi connectivity index (χ0v) is 18.0. The Morgan fingerprint density at radius 3 is 2.20 bits per heavy atom. The van der Waals surface area contributed by atoms with Crippen LogP contribution in [0.3, 0.4) is 0 Å². The number of hydrogen-bond donors (Lipinski definition) is 1. The van der Waals surface area contributed by atoms with Crippen molar-refractivity contribution in [1.82, 2.24) is 10.2 Å². The van der Waals surface area contributed by atoms with Crippen LogP contribution in [0.15, 0.2) is 48.5 Å². The molecule has 0 aromatic heterocycles. The average Bonchev–Trinajstić information content (AvgIpc) is 2.78. The minimum atomic E-state index is -0.596. The number of benzene rings is 2. The van der Waals surface area contributed by atoms with E-state index in [1.54, 1.807) is 37.3 Å². The SMILES string of the molecule is CCNC(=O)[C@H](CC)N(Cc1ccc(OC)cc1)C(=O)COc1ccccc1OC. The van der Waals surface area contributed by atoms with Crippen molar-refractivity contribution >= 4 is 11.8 Å². The predicted octanol–water partition coefficient (Wildman–Crippen LogP) is 3.03. The molecule has 0 saturated carbocycles. The number of carbonyl (C=O) groups is 2. The molecule has 1 N–H and O–H groups in total. The lowest BCUT2D eigenvalue weighted by molar-refractivity contribution is -0.142. The molecular weight excluding hydrogens is 384 g/mol. The maximum atomic E-state index is 13.1. The summed E-state index contributed by atoms with van der Waals surface area (Å²) < 4.78 is 16.2. The number of hydrogen-bond acceptors (Lipinski definition) is 5. The summed E-state index contributed by atoms with van der Waals surface area (Å²) >= 11 is 0. The number of nitrogens with one attached hydrogen (secondary N) is 1. The Bertz CT molecular complexity index is 823. The van der Waals surface area contributed by atoms with Crippen LogP contribution in [0.2, 0.25) is 0 Å². The van der Waals surface area contributed by atoms with E-state index in [1.807, 2.05) is 44.2 Å². The number of carbonyl (C=O) groups excluding carboxylic acids is 2. The van der Waals surface area contributed by atoms with Crippen LogP contribution in [-0.2, 0) is 16.1 Å². The van der Waals surface area contributed by atoms with Crippen LogP contribution in [0, 0.1) is 0 Å². The third kappa shape index (κ3) is 6.14. The molecule has 2 rings (SSSR count). The maximum Gasteiger partial charge on any atom is 0.261 e. The van der Waals surface area contributed by atoms with Crippen LogP contribution in [0.25, 0.3) is 0 Å². The van der Waals surface area contributed by atoms with Gasteiger partial charge in [0, 0.05) is 13.1 Å². The minimum Gasteiger partial charge on any atom is -0.497 e. The van der Waals surface area contributed by atoms with Crippen molar-refractivity contribution in [2.75, 3.05) is 27.4 Å². The number of para-hydroxylation sites is 2. The van der Waals surface area contributed by atoms with E-state index in [4.69, 9.17) is 14.2 Å². The summed E-state index contributed by atoms with van der Waals surface area (Å²) in [6, 6.07) is 14.0. The van der Waals surface area contributed by atoms with Gasteiger partial charge in [0.1, 0.15) is 11.8 Å². The summed E-state index contributed by atoms with van der Waals surface area (Å²) in [7, 11) is 3.14. The van der Waals surface area contributed by atoms with Crippen LogP contribution in [0.5, 0.6) is 17.2 Å². The first-order valence-corrected chi connectivity index (χ1v) is 9.99. The number of rotatable bonds is 11. The Hall–Kier alpha value is -3.22. The van der Waals surface area contributed by atoms with Gasteiger partial charge in [-0.05, 0) is 43.2 Å². The number of amides is 2. The molecule has 30 heavy (non-hydrogen) atoms. The number of likely N-dealkylation sites (N-methyl/N-ethyl adjacent to an activating group) is 1. The second-order valence-corrected chi connectivity index (χ2v) is 6.63. The molecule has 2 amide bonds. The highest BCUT2D eigenvalue weighted by molar-refractivity contribution is 5.88. The smallest absolute Gasteiger partial charge is 0.261 e. The van der Waals surface area contributed by atoms with Gasteiger partial charge in [-0.1, -0.05) is 31.2 Å². The monoisotopic (exact) mass is 414 g/mol. The summed E-state index contributed by atoms with van der Waals surface area (Å²) in [6.45, 7) is 4.32. The quantitative estimate of drug-likeness (QED) is 0.612. The lowest BCUT2D eigenvalue weighted by Crippen LogP contribution is -2.50. The van der Waals surface area contributed by atoms with E-state index in [1.165, 1.54) is 0 Å². The Morgan fingerprint density at radius 1 is 0.967 bits per heavy atom. The number of nitrogens with zero attached hydrogens (tertiary/aromatic N) is 1. The summed E-state index contributed by atoms with van der Waals surface area (Å²) in [5.41, 5.74) is 0.893. The molecule has 0 spiro atoms. The highest BCUT2D eigenvalue weighted by Crippen LogP contribution is 2.26. The molecule has 0 unspecified atom stereocenters. The molecule has 1 atom stereocenters. The minimum absolute atomic E-state index is 0.181. The third-order valence-electron chi connectivity index (χ3n) is 4.67. The van der Waals surface area contributed by atoms with Crippen LogP contribution in [0.1, 0.15) is 25.8 Å². The van der Waals surface area contributed by atoms with Gasteiger partial charge in [-0.2, -0.15) is 0 Å². The van der Waals surface area contributed by atoms with Gasteiger partial charge in [0.05, 0.1) is 14.2 Å². The van der Waals surface area contributed by atoms with Crippen molar-refractivity contribution in [3.05, 3.63) is 54.1 Å². The van der Waals surface area contributed by atoms with E-state index in [9.17, 15) is 9.59 Å². The third-order valence-corrected chi connectivity index (χ3v) is 4.67. The summed E-state index contributed by atoms with van der Waals surface area (Å²) in [4.78, 5) is 27.3.